The average molecular weight is 462 g/mol. The molecule has 2 aromatic heterocycles. The van der Waals surface area contributed by atoms with Gasteiger partial charge in [-0.1, -0.05) is 30.0 Å². The zero-order chi connectivity index (χ0) is 23.2. The number of ketones is 1. The van der Waals surface area contributed by atoms with Gasteiger partial charge in [0.25, 0.3) is 5.69 Å². The van der Waals surface area contributed by atoms with Crippen molar-refractivity contribution in [2.75, 3.05) is 12.3 Å². The SMILES string of the molecule is Cc1nnc(SCC(=O)CN=Cc2ccc(-c3ccc([N+](=O)[O-])cc3)o2)n1-c1ccccc1. The van der Waals surface area contributed by atoms with Crippen LogP contribution in [0.1, 0.15) is 11.6 Å². The summed E-state index contributed by atoms with van der Waals surface area (Å²) in [5.41, 5.74) is 1.67. The van der Waals surface area contributed by atoms with Crippen LogP contribution in [-0.2, 0) is 4.79 Å². The van der Waals surface area contributed by atoms with Crippen molar-refractivity contribution in [1.82, 2.24) is 14.8 Å². The van der Waals surface area contributed by atoms with Crippen molar-refractivity contribution in [3.8, 4) is 17.0 Å². The summed E-state index contributed by atoms with van der Waals surface area (Å²) in [4.78, 5) is 26.8. The number of furan rings is 1. The van der Waals surface area contributed by atoms with Crippen LogP contribution in [0, 0.1) is 17.0 Å². The maximum atomic E-state index is 12.3. The molecule has 0 saturated heterocycles. The van der Waals surface area contributed by atoms with Crippen LogP contribution < -0.4 is 0 Å². The molecule has 0 fully saturated rings. The van der Waals surface area contributed by atoms with Gasteiger partial charge in [0.05, 0.1) is 23.4 Å². The summed E-state index contributed by atoms with van der Waals surface area (Å²) < 4.78 is 7.60. The molecule has 0 aliphatic rings. The van der Waals surface area contributed by atoms with Crippen LogP contribution in [-0.4, -0.2) is 44.0 Å². The molecule has 166 valence electrons. The first-order valence-electron chi connectivity index (χ1n) is 9.97. The summed E-state index contributed by atoms with van der Waals surface area (Å²) in [5, 5.41) is 19.7. The average Bonchev–Trinajstić information content (AvgIpc) is 3.45. The molecular formula is C23H19N5O4S. The number of thioether (sulfide) groups is 1. The lowest BCUT2D eigenvalue weighted by atomic mass is 10.1. The van der Waals surface area contributed by atoms with E-state index in [1.807, 2.05) is 41.8 Å². The molecule has 0 bridgehead atoms. The van der Waals surface area contributed by atoms with Gasteiger partial charge in [-0.05, 0) is 43.3 Å². The van der Waals surface area contributed by atoms with E-state index in [1.165, 1.54) is 30.1 Å². The Morgan fingerprint density at radius 2 is 1.88 bits per heavy atom. The van der Waals surface area contributed by atoms with Gasteiger partial charge in [-0.15, -0.1) is 10.2 Å². The van der Waals surface area contributed by atoms with Crippen LogP contribution in [0.2, 0.25) is 0 Å². The van der Waals surface area contributed by atoms with Gasteiger partial charge in [-0.2, -0.15) is 0 Å². The molecule has 0 aliphatic heterocycles. The minimum Gasteiger partial charge on any atom is -0.455 e. The number of carbonyl (C=O) groups is 1. The number of nitrogens with zero attached hydrogens (tertiary/aromatic N) is 5. The predicted molar refractivity (Wildman–Crippen MR) is 125 cm³/mol. The molecule has 4 rings (SSSR count). The Morgan fingerprint density at radius 1 is 1.12 bits per heavy atom. The summed E-state index contributed by atoms with van der Waals surface area (Å²) >= 11 is 1.32. The van der Waals surface area contributed by atoms with Crippen molar-refractivity contribution in [2.45, 2.75) is 12.1 Å². The molecule has 0 N–H and O–H groups in total. The smallest absolute Gasteiger partial charge is 0.269 e. The molecule has 0 spiro atoms. The van der Waals surface area contributed by atoms with Crippen LogP contribution in [0.3, 0.4) is 0 Å². The summed E-state index contributed by atoms with van der Waals surface area (Å²) in [7, 11) is 0. The van der Waals surface area contributed by atoms with E-state index in [2.05, 4.69) is 15.2 Å². The minimum absolute atomic E-state index is 0.0129. The Morgan fingerprint density at radius 3 is 2.61 bits per heavy atom. The summed E-state index contributed by atoms with van der Waals surface area (Å²) in [6, 6.07) is 19.3. The molecule has 4 aromatic rings. The number of hydrogen-bond acceptors (Lipinski definition) is 8. The summed E-state index contributed by atoms with van der Waals surface area (Å²) in [6.45, 7) is 1.88. The second kappa shape index (κ2) is 10.0. The Labute approximate surface area is 193 Å². The number of aryl methyl sites for hydroxylation is 1. The number of nitro groups is 1. The quantitative estimate of drug-likeness (QED) is 0.156. The topological polar surface area (TPSA) is 116 Å². The van der Waals surface area contributed by atoms with Crippen molar-refractivity contribution in [1.29, 1.82) is 0 Å². The molecule has 0 radical (unpaired) electrons. The Bertz CT molecular complexity index is 1300. The number of hydrogen-bond donors (Lipinski definition) is 0. The first kappa shape index (κ1) is 22.2. The number of aromatic nitrogens is 3. The third-order valence-corrected chi connectivity index (χ3v) is 5.64. The number of aliphatic imine (C=N–C) groups is 1. The van der Waals surface area contributed by atoms with E-state index < -0.39 is 4.92 Å². The van der Waals surface area contributed by atoms with E-state index in [4.69, 9.17) is 4.42 Å². The highest BCUT2D eigenvalue weighted by Gasteiger charge is 2.13. The zero-order valence-corrected chi connectivity index (χ0v) is 18.4. The number of para-hydroxylation sites is 1. The van der Waals surface area contributed by atoms with Crippen LogP contribution in [0.15, 0.2) is 81.3 Å². The molecule has 2 aromatic carbocycles. The lowest BCUT2D eigenvalue weighted by Gasteiger charge is -2.07. The Kier molecular flexibility index (Phi) is 6.75. The fraction of sp³-hybridized carbons (Fsp3) is 0.130. The third-order valence-electron chi connectivity index (χ3n) is 4.65. The number of Topliss-reactive ketones (excluding diaryl/α,β-unsaturated/α-hetero) is 1. The van der Waals surface area contributed by atoms with Crippen molar-refractivity contribution in [3.05, 3.63) is 88.4 Å². The number of non-ortho nitro benzene ring substituents is 1. The monoisotopic (exact) mass is 461 g/mol. The van der Waals surface area contributed by atoms with Gasteiger partial charge in [0.2, 0.25) is 0 Å². The molecule has 0 unspecified atom stereocenters. The highest BCUT2D eigenvalue weighted by atomic mass is 32.2. The van der Waals surface area contributed by atoms with Gasteiger partial charge in [-0.3, -0.25) is 24.5 Å². The predicted octanol–water partition coefficient (Wildman–Crippen LogP) is 4.52. The highest BCUT2D eigenvalue weighted by Crippen LogP contribution is 2.24. The lowest BCUT2D eigenvalue weighted by molar-refractivity contribution is -0.384. The molecule has 0 atom stereocenters. The zero-order valence-electron chi connectivity index (χ0n) is 17.6. The Balaban J connectivity index is 1.32. The van der Waals surface area contributed by atoms with Crippen LogP contribution in [0.4, 0.5) is 5.69 Å². The largest absolute Gasteiger partial charge is 0.455 e. The molecular weight excluding hydrogens is 442 g/mol. The first-order chi connectivity index (χ1) is 16.0. The van der Waals surface area contributed by atoms with Crippen molar-refractivity contribution in [3.63, 3.8) is 0 Å². The lowest BCUT2D eigenvalue weighted by Crippen LogP contribution is -2.07. The van der Waals surface area contributed by atoms with E-state index in [0.717, 1.165) is 11.5 Å². The number of nitro benzene ring substituents is 1. The van der Waals surface area contributed by atoms with Crippen LogP contribution >= 0.6 is 11.8 Å². The fourth-order valence-corrected chi connectivity index (χ4v) is 3.91. The maximum Gasteiger partial charge on any atom is 0.269 e. The van der Waals surface area contributed by atoms with Gasteiger partial charge in [0.1, 0.15) is 17.3 Å². The first-order valence-corrected chi connectivity index (χ1v) is 11.0. The third kappa shape index (κ3) is 5.42. The van der Waals surface area contributed by atoms with E-state index in [1.54, 1.807) is 24.3 Å². The molecule has 0 aliphatic carbocycles. The Hall–Kier alpha value is -4.05. The van der Waals surface area contributed by atoms with Crippen LogP contribution in [0.25, 0.3) is 17.0 Å². The fourth-order valence-electron chi connectivity index (χ4n) is 3.06. The van der Waals surface area contributed by atoms with Crippen LogP contribution in [0.5, 0.6) is 0 Å². The molecule has 10 heteroatoms. The number of rotatable bonds is 9. The van der Waals surface area contributed by atoms with E-state index in [9.17, 15) is 14.9 Å². The minimum atomic E-state index is -0.452. The molecule has 0 saturated carbocycles. The van der Waals surface area contributed by atoms with Crippen molar-refractivity contribution >= 4 is 29.4 Å². The molecule has 0 amide bonds. The van der Waals surface area contributed by atoms with Gasteiger partial charge < -0.3 is 4.42 Å². The standard InChI is InChI=1S/C23H19N5O4S/c1-16-25-26-23(27(16)18-5-3-2-4-6-18)33-15-20(29)13-24-14-21-11-12-22(32-21)17-7-9-19(10-8-17)28(30)31/h2-12,14H,13,15H2,1H3. The molecule has 9 nitrogen and oxygen atoms in total. The summed E-state index contributed by atoms with van der Waals surface area (Å²) in [6.07, 6.45) is 1.49. The second-order valence-corrected chi connectivity index (χ2v) is 7.95. The summed E-state index contributed by atoms with van der Waals surface area (Å²) in [5.74, 6) is 1.95. The number of carbonyl (C=O) groups excluding carboxylic acids is 1. The van der Waals surface area contributed by atoms with Crippen molar-refractivity contribution in [2.24, 2.45) is 4.99 Å². The van der Waals surface area contributed by atoms with E-state index in [-0.39, 0.29) is 23.8 Å². The van der Waals surface area contributed by atoms with E-state index >= 15 is 0 Å². The maximum absolute atomic E-state index is 12.3. The van der Waals surface area contributed by atoms with Crippen molar-refractivity contribution < 1.29 is 14.1 Å². The normalized spacial score (nSPS) is 11.2. The molecule has 2 heterocycles. The van der Waals surface area contributed by atoms with Gasteiger partial charge >= 0.3 is 0 Å². The second-order valence-electron chi connectivity index (χ2n) is 7.00. The molecule has 33 heavy (non-hydrogen) atoms. The van der Waals surface area contributed by atoms with E-state index in [0.29, 0.717) is 22.2 Å². The van der Waals surface area contributed by atoms with Gasteiger partial charge in [0.15, 0.2) is 10.9 Å². The van der Waals surface area contributed by atoms with Gasteiger partial charge in [0, 0.05) is 23.4 Å². The highest BCUT2D eigenvalue weighted by molar-refractivity contribution is 7.99. The number of benzene rings is 2. The van der Waals surface area contributed by atoms with Gasteiger partial charge in [-0.25, -0.2) is 0 Å².